The zero-order valence-electron chi connectivity index (χ0n) is 7.92. The minimum absolute atomic E-state index is 0.387. The second kappa shape index (κ2) is 3.80. The van der Waals surface area contributed by atoms with Gasteiger partial charge in [-0.05, 0) is 30.7 Å². The summed E-state index contributed by atoms with van der Waals surface area (Å²) in [4.78, 5) is 14.8. The van der Waals surface area contributed by atoms with E-state index in [9.17, 15) is 4.79 Å². The molecule has 0 bridgehead atoms. The molecule has 1 aromatic heterocycles. The van der Waals surface area contributed by atoms with Gasteiger partial charge in [0, 0.05) is 10.4 Å². The second-order valence-electron chi connectivity index (χ2n) is 3.26. The van der Waals surface area contributed by atoms with Crippen molar-refractivity contribution in [3.05, 3.63) is 39.5 Å². The predicted octanol–water partition coefficient (Wildman–Crippen LogP) is 3.66. The fraction of sp³-hybridized carbons (Fsp3) is 0.0909. The van der Waals surface area contributed by atoms with Crippen molar-refractivity contribution in [2.75, 3.05) is 0 Å². The predicted molar refractivity (Wildman–Crippen MR) is 61.9 cm³/mol. The molecule has 0 amide bonds. The number of fused-ring (bicyclic) bond motifs is 1. The molecular weight excluding hydrogens is 233 g/mol. The number of rotatable bonds is 1. The minimum Gasteiger partial charge on any atom is -0.296 e. The molecule has 15 heavy (non-hydrogen) atoms. The summed E-state index contributed by atoms with van der Waals surface area (Å²) in [5.41, 5.74) is 1.96. The lowest BCUT2D eigenvalue weighted by Gasteiger charge is -2.05. The Morgan fingerprint density at radius 3 is 2.67 bits per heavy atom. The van der Waals surface area contributed by atoms with Crippen molar-refractivity contribution < 1.29 is 4.79 Å². The van der Waals surface area contributed by atoms with Crippen molar-refractivity contribution in [1.29, 1.82) is 0 Å². The average molecular weight is 240 g/mol. The van der Waals surface area contributed by atoms with Gasteiger partial charge in [0.2, 0.25) is 0 Å². The third-order valence-corrected chi connectivity index (χ3v) is 2.68. The van der Waals surface area contributed by atoms with E-state index in [2.05, 4.69) is 4.98 Å². The Labute approximate surface area is 96.8 Å². The maximum absolute atomic E-state index is 10.6. The second-order valence-corrected chi connectivity index (χ2v) is 4.11. The Morgan fingerprint density at radius 1 is 1.27 bits per heavy atom. The summed E-state index contributed by atoms with van der Waals surface area (Å²) in [6.07, 6.45) is 0.710. The first-order valence-corrected chi connectivity index (χ1v) is 5.09. The van der Waals surface area contributed by atoms with E-state index in [1.165, 1.54) is 0 Å². The number of halogens is 2. The van der Waals surface area contributed by atoms with Gasteiger partial charge in [-0.3, -0.25) is 4.79 Å². The van der Waals surface area contributed by atoms with Crippen LogP contribution in [0.5, 0.6) is 0 Å². The van der Waals surface area contributed by atoms with Crippen molar-refractivity contribution in [2.45, 2.75) is 6.92 Å². The van der Waals surface area contributed by atoms with E-state index in [1.54, 1.807) is 18.2 Å². The van der Waals surface area contributed by atoms with Crippen LogP contribution in [0.3, 0.4) is 0 Å². The van der Waals surface area contributed by atoms with Crippen LogP contribution in [0.15, 0.2) is 18.2 Å². The number of benzene rings is 1. The number of hydrogen-bond donors (Lipinski definition) is 0. The summed E-state index contributed by atoms with van der Waals surface area (Å²) in [7, 11) is 0. The lowest BCUT2D eigenvalue weighted by molar-refractivity contribution is 0.111. The molecule has 2 aromatic rings. The van der Waals surface area contributed by atoms with Gasteiger partial charge in [-0.15, -0.1) is 0 Å². The van der Waals surface area contributed by atoms with E-state index in [-0.39, 0.29) is 0 Å². The molecule has 0 aliphatic rings. The van der Waals surface area contributed by atoms with Crippen molar-refractivity contribution in [2.24, 2.45) is 0 Å². The van der Waals surface area contributed by atoms with Crippen molar-refractivity contribution in [3.8, 4) is 0 Å². The highest BCUT2D eigenvalue weighted by Gasteiger charge is 2.07. The van der Waals surface area contributed by atoms with Gasteiger partial charge in [-0.25, -0.2) is 4.98 Å². The number of aldehydes is 1. The number of carbonyl (C=O) groups excluding carboxylic acids is 1. The van der Waals surface area contributed by atoms with Crippen LogP contribution in [0.2, 0.25) is 10.0 Å². The van der Waals surface area contributed by atoms with Crippen molar-refractivity contribution >= 4 is 40.4 Å². The summed E-state index contributed by atoms with van der Waals surface area (Å²) in [5, 5.41) is 1.91. The molecule has 2 nitrogen and oxygen atoms in total. The van der Waals surface area contributed by atoms with Gasteiger partial charge in [0.15, 0.2) is 6.29 Å². The molecule has 0 atom stereocenters. The summed E-state index contributed by atoms with van der Waals surface area (Å²) in [6, 6.07) is 5.07. The number of nitrogens with zero attached hydrogens (tertiary/aromatic N) is 1. The van der Waals surface area contributed by atoms with Gasteiger partial charge >= 0.3 is 0 Å². The van der Waals surface area contributed by atoms with Gasteiger partial charge in [0.1, 0.15) is 5.69 Å². The van der Waals surface area contributed by atoms with E-state index in [1.807, 2.05) is 6.92 Å². The first-order chi connectivity index (χ1) is 7.11. The molecule has 0 unspecified atom stereocenters. The van der Waals surface area contributed by atoms with Crippen LogP contribution < -0.4 is 0 Å². The highest BCUT2D eigenvalue weighted by Crippen LogP contribution is 2.29. The molecule has 0 aliphatic carbocycles. The van der Waals surface area contributed by atoms with Crippen LogP contribution in [0, 0.1) is 6.92 Å². The Hall–Kier alpha value is -1.12. The minimum atomic E-state index is 0.387. The van der Waals surface area contributed by atoms with Crippen LogP contribution in [-0.2, 0) is 0 Å². The molecule has 0 aliphatic heterocycles. The molecule has 1 aromatic carbocycles. The van der Waals surface area contributed by atoms with E-state index in [0.29, 0.717) is 27.5 Å². The molecule has 0 fully saturated rings. The van der Waals surface area contributed by atoms with E-state index >= 15 is 0 Å². The van der Waals surface area contributed by atoms with Gasteiger partial charge in [0.05, 0.1) is 10.5 Å². The van der Waals surface area contributed by atoms with E-state index in [4.69, 9.17) is 23.2 Å². The van der Waals surface area contributed by atoms with Crippen molar-refractivity contribution in [1.82, 2.24) is 4.98 Å². The highest BCUT2D eigenvalue weighted by atomic mass is 35.5. The molecule has 2 rings (SSSR count). The van der Waals surface area contributed by atoms with E-state index in [0.717, 1.165) is 10.9 Å². The monoisotopic (exact) mass is 239 g/mol. The van der Waals surface area contributed by atoms with E-state index < -0.39 is 0 Å². The molecule has 0 saturated heterocycles. The summed E-state index contributed by atoms with van der Waals surface area (Å²) < 4.78 is 0. The Bertz CT molecular complexity index is 552. The number of hydrogen-bond acceptors (Lipinski definition) is 2. The lowest BCUT2D eigenvalue weighted by Crippen LogP contribution is -1.91. The van der Waals surface area contributed by atoms with Crippen LogP contribution >= 0.6 is 23.2 Å². The topological polar surface area (TPSA) is 30.0 Å². The quantitative estimate of drug-likeness (QED) is 0.712. The zero-order valence-corrected chi connectivity index (χ0v) is 9.43. The van der Waals surface area contributed by atoms with Crippen LogP contribution in [0.25, 0.3) is 10.9 Å². The molecule has 0 saturated carbocycles. The summed E-state index contributed by atoms with van der Waals surface area (Å²) in [5.74, 6) is 0. The first-order valence-electron chi connectivity index (χ1n) is 4.33. The zero-order chi connectivity index (χ0) is 11.0. The van der Waals surface area contributed by atoms with Crippen LogP contribution in [0.4, 0.5) is 0 Å². The molecule has 76 valence electrons. The SMILES string of the molecule is Cc1cc(C=O)nc2cc(Cl)cc(Cl)c12. The first kappa shape index (κ1) is 10.4. The standard InChI is InChI=1S/C11H7Cl2NO/c1-6-2-8(5-15)14-10-4-7(12)3-9(13)11(6)10/h2-5H,1H3. The maximum Gasteiger partial charge on any atom is 0.168 e. The number of pyridine rings is 1. The Kier molecular flexibility index (Phi) is 2.63. The molecule has 0 N–H and O–H groups in total. The maximum atomic E-state index is 10.6. The largest absolute Gasteiger partial charge is 0.296 e. The smallest absolute Gasteiger partial charge is 0.168 e. The van der Waals surface area contributed by atoms with Gasteiger partial charge in [0.25, 0.3) is 0 Å². The lowest BCUT2D eigenvalue weighted by atomic mass is 10.1. The Balaban J connectivity index is 2.91. The fourth-order valence-electron chi connectivity index (χ4n) is 1.56. The fourth-order valence-corrected chi connectivity index (χ4v) is 2.20. The van der Waals surface area contributed by atoms with Gasteiger partial charge < -0.3 is 0 Å². The summed E-state index contributed by atoms with van der Waals surface area (Å²) >= 11 is 11.9. The molecule has 0 radical (unpaired) electrons. The number of aryl methyl sites for hydroxylation is 1. The van der Waals surface area contributed by atoms with Crippen LogP contribution in [0.1, 0.15) is 16.1 Å². The van der Waals surface area contributed by atoms with Gasteiger partial charge in [-0.2, -0.15) is 0 Å². The van der Waals surface area contributed by atoms with Crippen LogP contribution in [-0.4, -0.2) is 11.3 Å². The van der Waals surface area contributed by atoms with Gasteiger partial charge in [-0.1, -0.05) is 23.2 Å². The van der Waals surface area contributed by atoms with Crippen molar-refractivity contribution in [3.63, 3.8) is 0 Å². The molecule has 4 heteroatoms. The third-order valence-electron chi connectivity index (χ3n) is 2.16. The molecule has 0 spiro atoms. The molecular formula is C11H7Cl2NO. The average Bonchev–Trinajstić information content (AvgIpc) is 2.15. The summed E-state index contributed by atoms with van der Waals surface area (Å²) in [6.45, 7) is 1.89. The normalized spacial score (nSPS) is 10.6. The third kappa shape index (κ3) is 1.83. The number of carbonyl (C=O) groups is 1. The molecule has 1 heterocycles. The highest BCUT2D eigenvalue weighted by molar-refractivity contribution is 6.38. The Morgan fingerprint density at radius 2 is 2.00 bits per heavy atom. The number of aromatic nitrogens is 1.